The van der Waals surface area contributed by atoms with Crippen LogP contribution in [-0.4, -0.2) is 11.0 Å². The average Bonchev–Trinajstić information content (AvgIpc) is 2.07. The highest BCUT2D eigenvalue weighted by Crippen LogP contribution is 2.07. The van der Waals surface area contributed by atoms with Crippen molar-refractivity contribution in [3.8, 4) is 12.3 Å². The highest BCUT2D eigenvalue weighted by molar-refractivity contribution is 14.1. The minimum absolute atomic E-state index is 0.454. The zero-order chi connectivity index (χ0) is 8.69. The Labute approximate surface area is 82.6 Å². The Balaban J connectivity index is 4.13. The molecule has 1 unspecified atom stereocenters. The first-order chi connectivity index (χ1) is 5.28. The lowest BCUT2D eigenvalue weighted by Crippen LogP contribution is -2.11. The molecule has 0 aliphatic carbocycles. The molecule has 0 aromatic heterocycles. The Hall–Kier alpha value is -0.0100. The van der Waals surface area contributed by atoms with Gasteiger partial charge >= 0.3 is 0 Å². The van der Waals surface area contributed by atoms with Crippen LogP contribution in [0.5, 0.6) is 0 Å². The highest BCUT2D eigenvalue weighted by atomic mass is 127. The SMILES string of the molecule is C#C/C(=C/C(CC)CN)CI. The van der Waals surface area contributed by atoms with Crippen molar-refractivity contribution in [3.63, 3.8) is 0 Å². The van der Waals surface area contributed by atoms with Crippen molar-refractivity contribution in [1.82, 2.24) is 0 Å². The summed E-state index contributed by atoms with van der Waals surface area (Å²) in [6.45, 7) is 2.81. The second-order valence-corrected chi connectivity index (χ2v) is 3.14. The molecule has 0 spiro atoms. The second-order valence-electron chi connectivity index (χ2n) is 2.37. The molecule has 0 aliphatic rings. The Kier molecular flexibility index (Phi) is 6.68. The molecule has 0 aliphatic heterocycles. The average molecular weight is 263 g/mol. The first kappa shape index (κ1) is 11.0. The third-order valence-corrected chi connectivity index (χ3v) is 2.42. The summed E-state index contributed by atoms with van der Waals surface area (Å²) in [5.41, 5.74) is 6.58. The normalized spacial score (nSPS) is 14.2. The van der Waals surface area contributed by atoms with E-state index < -0.39 is 0 Å². The number of rotatable bonds is 4. The molecule has 0 rings (SSSR count). The van der Waals surface area contributed by atoms with Gasteiger partial charge in [0.15, 0.2) is 0 Å². The van der Waals surface area contributed by atoms with Crippen molar-refractivity contribution in [2.24, 2.45) is 11.7 Å². The van der Waals surface area contributed by atoms with Crippen molar-refractivity contribution in [1.29, 1.82) is 0 Å². The molecule has 0 amide bonds. The molecule has 0 radical (unpaired) electrons. The monoisotopic (exact) mass is 263 g/mol. The van der Waals surface area contributed by atoms with Gasteiger partial charge in [-0.25, -0.2) is 0 Å². The van der Waals surface area contributed by atoms with Crippen molar-refractivity contribution in [2.45, 2.75) is 13.3 Å². The van der Waals surface area contributed by atoms with Crippen LogP contribution in [-0.2, 0) is 0 Å². The van der Waals surface area contributed by atoms with Crippen LogP contribution in [0.15, 0.2) is 11.6 Å². The van der Waals surface area contributed by atoms with Crippen LogP contribution >= 0.6 is 22.6 Å². The maximum atomic E-state index is 5.53. The standard InChI is InChI=1S/C9H14IN/c1-3-8(6-10)5-9(4-2)7-11/h1,5,9H,4,6-7,11H2,2H3/b8-5-. The number of alkyl halides is 1. The molecule has 62 valence electrons. The Morgan fingerprint density at radius 2 is 2.45 bits per heavy atom. The number of allylic oxidation sites excluding steroid dienone is 1. The molecule has 0 aromatic rings. The summed E-state index contributed by atoms with van der Waals surface area (Å²) >= 11 is 2.26. The number of hydrogen-bond donors (Lipinski definition) is 1. The smallest absolute Gasteiger partial charge is 0.0323 e. The molecule has 0 fully saturated rings. The van der Waals surface area contributed by atoms with Gasteiger partial charge in [0.25, 0.3) is 0 Å². The van der Waals surface area contributed by atoms with E-state index in [4.69, 9.17) is 12.2 Å². The summed E-state index contributed by atoms with van der Waals surface area (Å²) in [7, 11) is 0. The lowest BCUT2D eigenvalue weighted by molar-refractivity contribution is 0.637. The van der Waals surface area contributed by atoms with Crippen LogP contribution in [0.1, 0.15) is 13.3 Å². The summed E-state index contributed by atoms with van der Waals surface area (Å²) in [6, 6.07) is 0. The number of halogens is 1. The molecular formula is C9H14IN. The van der Waals surface area contributed by atoms with Crippen molar-refractivity contribution in [3.05, 3.63) is 11.6 Å². The summed E-state index contributed by atoms with van der Waals surface area (Å²) in [6.07, 6.45) is 8.45. The van der Waals surface area contributed by atoms with Crippen molar-refractivity contribution >= 4 is 22.6 Å². The quantitative estimate of drug-likeness (QED) is 0.468. The fourth-order valence-electron chi connectivity index (χ4n) is 0.768. The summed E-state index contributed by atoms with van der Waals surface area (Å²) in [4.78, 5) is 0. The van der Waals surface area contributed by atoms with Gasteiger partial charge in [-0.15, -0.1) is 6.42 Å². The van der Waals surface area contributed by atoms with Crippen LogP contribution in [0.2, 0.25) is 0 Å². The molecular weight excluding hydrogens is 249 g/mol. The zero-order valence-electron chi connectivity index (χ0n) is 6.81. The highest BCUT2D eigenvalue weighted by Gasteiger charge is 1.99. The molecule has 1 atom stereocenters. The lowest BCUT2D eigenvalue weighted by Gasteiger charge is -2.06. The molecule has 0 aromatic carbocycles. The van der Waals surface area contributed by atoms with Gasteiger partial charge in [0, 0.05) is 10.0 Å². The van der Waals surface area contributed by atoms with Gasteiger partial charge in [-0.3, -0.25) is 0 Å². The van der Waals surface area contributed by atoms with E-state index in [1.807, 2.05) is 0 Å². The van der Waals surface area contributed by atoms with Gasteiger partial charge in [-0.2, -0.15) is 0 Å². The molecule has 0 saturated heterocycles. The summed E-state index contributed by atoms with van der Waals surface area (Å²) in [5.74, 6) is 3.10. The predicted molar refractivity (Wildman–Crippen MR) is 58.6 cm³/mol. The minimum atomic E-state index is 0.454. The van der Waals surface area contributed by atoms with E-state index in [1.165, 1.54) is 0 Å². The number of terminal acetylenes is 1. The molecule has 0 bridgehead atoms. The zero-order valence-corrected chi connectivity index (χ0v) is 8.97. The van der Waals surface area contributed by atoms with Crippen molar-refractivity contribution < 1.29 is 0 Å². The van der Waals surface area contributed by atoms with Gasteiger partial charge in [-0.05, 0) is 18.9 Å². The Morgan fingerprint density at radius 1 is 1.82 bits per heavy atom. The van der Waals surface area contributed by atoms with Crippen molar-refractivity contribution in [2.75, 3.05) is 11.0 Å². The Morgan fingerprint density at radius 3 is 2.73 bits per heavy atom. The van der Waals surface area contributed by atoms with E-state index in [-0.39, 0.29) is 0 Å². The molecule has 11 heavy (non-hydrogen) atoms. The van der Waals surface area contributed by atoms with Gasteiger partial charge < -0.3 is 5.73 Å². The summed E-state index contributed by atoms with van der Waals surface area (Å²) < 4.78 is 0.908. The topological polar surface area (TPSA) is 26.0 Å². The molecule has 2 heteroatoms. The second kappa shape index (κ2) is 6.68. The van der Waals surface area contributed by atoms with E-state index in [0.717, 1.165) is 16.4 Å². The maximum Gasteiger partial charge on any atom is 0.0323 e. The molecule has 0 saturated carbocycles. The fraction of sp³-hybridized carbons (Fsp3) is 0.556. The maximum absolute atomic E-state index is 5.53. The lowest BCUT2D eigenvalue weighted by atomic mass is 10.0. The van der Waals surface area contributed by atoms with Crippen LogP contribution in [0, 0.1) is 18.3 Å². The fourth-order valence-corrected chi connectivity index (χ4v) is 1.24. The van der Waals surface area contributed by atoms with Gasteiger partial charge in [0.1, 0.15) is 0 Å². The van der Waals surface area contributed by atoms with Crippen LogP contribution in [0.25, 0.3) is 0 Å². The van der Waals surface area contributed by atoms with Crippen LogP contribution in [0.4, 0.5) is 0 Å². The first-order valence-corrected chi connectivity index (χ1v) is 5.24. The number of hydrogen-bond acceptors (Lipinski definition) is 1. The van der Waals surface area contributed by atoms with Crippen LogP contribution < -0.4 is 5.73 Å². The first-order valence-electron chi connectivity index (χ1n) is 3.71. The van der Waals surface area contributed by atoms with E-state index in [2.05, 4.69) is 41.5 Å². The molecule has 2 N–H and O–H groups in total. The van der Waals surface area contributed by atoms with E-state index in [1.54, 1.807) is 0 Å². The number of nitrogens with two attached hydrogens (primary N) is 1. The third-order valence-electron chi connectivity index (χ3n) is 1.59. The van der Waals surface area contributed by atoms with E-state index in [9.17, 15) is 0 Å². The van der Waals surface area contributed by atoms with E-state index >= 15 is 0 Å². The predicted octanol–water partition coefficient (Wildman–Crippen LogP) is 1.97. The van der Waals surface area contributed by atoms with Gasteiger partial charge in [0.2, 0.25) is 0 Å². The third kappa shape index (κ3) is 4.44. The van der Waals surface area contributed by atoms with Gasteiger partial charge in [-0.1, -0.05) is 41.5 Å². The van der Waals surface area contributed by atoms with Crippen LogP contribution in [0.3, 0.4) is 0 Å². The molecule has 0 heterocycles. The summed E-state index contributed by atoms with van der Waals surface area (Å²) in [5, 5.41) is 0. The minimum Gasteiger partial charge on any atom is -0.330 e. The molecule has 1 nitrogen and oxygen atoms in total. The van der Waals surface area contributed by atoms with E-state index in [0.29, 0.717) is 12.5 Å². The largest absolute Gasteiger partial charge is 0.330 e. The van der Waals surface area contributed by atoms with Gasteiger partial charge in [0.05, 0.1) is 0 Å². The Bertz CT molecular complexity index is 163.